The molecule has 2 fully saturated rings. The number of nitrogens with one attached hydrogen (secondary N) is 1. The van der Waals surface area contributed by atoms with Crippen LogP contribution in [0.1, 0.15) is 39.5 Å². The first-order valence-electron chi connectivity index (χ1n) is 8.05. The molecule has 0 aromatic heterocycles. The summed E-state index contributed by atoms with van der Waals surface area (Å²) in [4.78, 5) is 27.8. The van der Waals surface area contributed by atoms with Crippen LogP contribution in [-0.4, -0.2) is 65.2 Å². The van der Waals surface area contributed by atoms with Crippen LogP contribution in [0.15, 0.2) is 0 Å². The predicted octanol–water partition coefficient (Wildman–Crippen LogP) is 1.37. The van der Waals surface area contributed by atoms with Gasteiger partial charge in [0.2, 0.25) is 0 Å². The van der Waals surface area contributed by atoms with Gasteiger partial charge in [-0.25, -0.2) is 4.79 Å². The lowest BCUT2D eigenvalue weighted by Gasteiger charge is -2.40. The molecule has 2 N–H and O–H groups in total. The van der Waals surface area contributed by atoms with Gasteiger partial charge in [0, 0.05) is 31.7 Å². The van der Waals surface area contributed by atoms with Gasteiger partial charge >= 0.3 is 12.0 Å². The van der Waals surface area contributed by atoms with Gasteiger partial charge in [-0.05, 0) is 26.3 Å². The summed E-state index contributed by atoms with van der Waals surface area (Å²) < 4.78 is 0. The molecule has 1 heterocycles. The summed E-state index contributed by atoms with van der Waals surface area (Å²) in [5.41, 5.74) is 0. The number of amides is 2. The van der Waals surface area contributed by atoms with Crippen molar-refractivity contribution in [2.24, 2.45) is 5.92 Å². The SMILES string of the molecule is CCN1CCN(C(=O)NC2CCCCC2C(=O)O)CC1C. The van der Waals surface area contributed by atoms with Crippen LogP contribution in [0.4, 0.5) is 4.79 Å². The highest BCUT2D eigenvalue weighted by atomic mass is 16.4. The van der Waals surface area contributed by atoms with E-state index in [1.54, 1.807) is 0 Å². The van der Waals surface area contributed by atoms with E-state index < -0.39 is 11.9 Å². The molecule has 0 bridgehead atoms. The van der Waals surface area contributed by atoms with Crippen LogP contribution >= 0.6 is 0 Å². The van der Waals surface area contributed by atoms with Crippen LogP contribution in [0, 0.1) is 5.92 Å². The topological polar surface area (TPSA) is 72.9 Å². The predicted molar refractivity (Wildman–Crippen MR) is 80.2 cm³/mol. The van der Waals surface area contributed by atoms with Crippen molar-refractivity contribution in [3.05, 3.63) is 0 Å². The second kappa shape index (κ2) is 7.11. The zero-order valence-electron chi connectivity index (χ0n) is 13.0. The molecule has 21 heavy (non-hydrogen) atoms. The number of nitrogens with zero attached hydrogens (tertiary/aromatic N) is 2. The second-order valence-electron chi connectivity index (χ2n) is 6.21. The number of urea groups is 1. The number of carboxylic acids is 1. The van der Waals surface area contributed by atoms with E-state index in [1.807, 2.05) is 4.90 Å². The number of carboxylic acid groups (broad SMARTS) is 1. The van der Waals surface area contributed by atoms with Gasteiger partial charge in [0.1, 0.15) is 0 Å². The maximum Gasteiger partial charge on any atom is 0.317 e. The molecule has 2 amide bonds. The van der Waals surface area contributed by atoms with Gasteiger partial charge in [-0.15, -0.1) is 0 Å². The molecule has 120 valence electrons. The molecule has 1 saturated heterocycles. The van der Waals surface area contributed by atoms with E-state index in [0.29, 0.717) is 25.6 Å². The van der Waals surface area contributed by atoms with Crippen LogP contribution in [0.25, 0.3) is 0 Å². The fourth-order valence-electron chi connectivity index (χ4n) is 3.50. The summed E-state index contributed by atoms with van der Waals surface area (Å²) in [6.07, 6.45) is 3.37. The minimum atomic E-state index is -0.788. The fourth-order valence-corrected chi connectivity index (χ4v) is 3.50. The van der Waals surface area contributed by atoms with E-state index in [1.165, 1.54) is 0 Å². The van der Waals surface area contributed by atoms with E-state index in [-0.39, 0.29) is 12.1 Å². The van der Waals surface area contributed by atoms with Gasteiger partial charge < -0.3 is 15.3 Å². The largest absolute Gasteiger partial charge is 0.481 e. The third-order valence-electron chi connectivity index (χ3n) is 4.85. The van der Waals surface area contributed by atoms with Gasteiger partial charge in [0.05, 0.1) is 5.92 Å². The van der Waals surface area contributed by atoms with Crippen molar-refractivity contribution in [3.63, 3.8) is 0 Å². The van der Waals surface area contributed by atoms with E-state index >= 15 is 0 Å². The molecule has 1 aliphatic carbocycles. The second-order valence-corrected chi connectivity index (χ2v) is 6.21. The number of rotatable bonds is 3. The molecule has 2 aliphatic rings. The zero-order valence-corrected chi connectivity index (χ0v) is 13.0. The Morgan fingerprint density at radius 3 is 2.57 bits per heavy atom. The van der Waals surface area contributed by atoms with E-state index in [2.05, 4.69) is 24.1 Å². The molecule has 6 heteroatoms. The molecule has 1 saturated carbocycles. The molecule has 6 nitrogen and oxygen atoms in total. The molecule has 2 rings (SSSR count). The maximum absolute atomic E-state index is 12.4. The van der Waals surface area contributed by atoms with Crippen LogP contribution < -0.4 is 5.32 Å². The number of likely N-dealkylation sites (N-methyl/N-ethyl adjacent to an activating group) is 1. The van der Waals surface area contributed by atoms with Gasteiger partial charge in [-0.1, -0.05) is 19.8 Å². The van der Waals surface area contributed by atoms with E-state index in [4.69, 9.17) is 0 Å². The normalized spacial score (nSPS) is 31.0. The van der Waals surface area contributed by atoms with Crippen molar-refractivity contribution in [2.75, 3.05) is 26.2 Å². The Balaban J connectivity index is 1.90. The van der Waals surface area contributed by atoms with E-state index in [9.17, 15) is 14.7 Å². The van der Waals surface area contributed by atoms with Crippen molar-refractivity contribution in [1.29, 1.82) is 0 Å². The lowest BCUT2D eigenvalue weighted by atomic mass is 9.84. The molecular weight excluding hydrogens is 270 g/mol. The highest BCUT2D eigenvalue weighted by Crippen LogP contribution is 2.25. The summed E-state index contributed by atoms with van der Waals surface area (Å²) >= 11 is 0. The van der Waals surface area contributed by atoms with Crippen LogP contribution in [0.2, 0.25) is 0 Å². The van der Waals surface area contributed by atoms with Crippen LogP contribution in [0.3, 0.4) is 0 Å². The quantitative estimate of drug-likeness (QED) is 0.825. The number of hydrogen-bond donors (Lipinski definition) is 2. The Kier molecular flexibility index (Phi) is 5.45. The van der Waals surface area contributed by atoms with Gasteiger partial charge in [0.25, 0.3) is 0 Å². The monoisotopic (exact) mass is 297 g/mol. The zero-order chi connectivity index (χ0) is 15.4. The van der Waals surface area contributed by atoms with Crippen molar-refractivity contribution in [3.8, 4) is 0 Å². The van der Waals surface area contributed by atoms with Gasteiger partial charge in [-0.2, -0.15) is 0 Å². The summed E-state index contributed by atoms with van der Waals surface area (Å²) in [6, 6.07) is 0.0372. The Labute approximate surface area is 126 Å². The summed E-state index contributed by atoms with van der Waals surface area (Å²) in [7, 11) is 0. The average Bonchev–Trinajstić information content (AvgIpc) is 2.47. The summed E-state index contributed by atoms with van der Waals surface area (Å²) in [5.74, 6) is -1.22. The Morgan fingerprint density at radius 1 is 1.24 bits per heavy atom. The van der Waals surface area contributed by atoms with Gasteiger partial charge in [0.15, 0.2) is 0 Å². The molecule has 0 spiro atoms. The molecular formula is C15H27N3O3. The molecule has 3 unspecified atom stereocenters. The van der Waals surface area contributed by atoms with Crippen LogP contribution in [-0.2, 0) is 4.79 Å². The Morgan fingerprint density at radius 2 is 1.95 bits per heavy atom. The first-order chi connectivity index (χ1) is 10.0. The number of carbonyl (C=O) groups excluding carboxylic acids is 1. The van der Waals surface area contributed by atoms with Gasteiger partial charge in [-0.3, -0.25) is 9.69 Å². The third-order valence-corrected chi connectivity index (χ3v) is 4.85. The molecule has 1 aliphatic heterocycles. The lowest BCUT2D eigenvalue weighted by molar-refractivity contribution is -0.143. The van der Waals surface area contributed by atoms with Crippen molar-refractivity contribution in [2.45, 2.75) is 51.6 Å². The Bertz CT molecular complexity index is 388. The number of hydrogen-bond acceptors (Lipinski definition) is 3. The van der Waals surface area contributed by atoms with Crippen LogP contribution in [0.5, 0.6) is 0 Å². The molecule has 0 aromatic carbocycles. The first kappa shape index (κ1) is 16.1. The smallest absolute Gasteiger partial charge is 0.317 e. The fraction of sp³-hybridized carbons (Fsp3) is 0.867. The molecule has 0 radical (unpaired) electrons. The highest BCUT2D eigenvalue weighted by Gasteiger charge is 2.34. The highest BCUT2D eigenvalue weighted by molar-refractivity contribution is 5.77. The van der Waals surface area contributed by atoms with Crippen molar-refractivity contribution >= 4 is 12.0 Å². The first-order valence-corrected chi connectivity index (χ1v) is 8.05. The molecule has 3 atom stereocenters. The summed E-state index contributed by atoms with van der Waals surface area (Å²) in [5, 5.41) is 12.2. The van der Waals surface area contributed by atoms with E-state index in [0.717, 1.165) is 32.4 Å². The molecule has 0 aromatic rings. The lowest BCUT2D eigenvalue weighted by Crippen LogP contribution is -2.58. The Hall–Kier alpha value is -1.30. The third kappa shape index (κ3) is 3.87. The minimum Gasteiger partial charge on any atom is -0.481 e. The van der Waals surface area contributed by atoms with Crippen molar-refractivity contribution < 1.29 is 14.7 Å². The number of carbonyl (C=O) groups is 2. The average molecular weight is 297 g/mol. The number of piperazine rings is 1. The summed E-state index contributed by atoms with van der Waals surface area (Å²) in [6.45, 7) is 7.58. The van der Waals surface area contributed by atoms with Crippen molar-refractivity contribution in [1.82, 2.24) is 15.1 Å². The standard InChI is InChI=1S/C15H27N3O3/c1-3-17-8-9-18(10-11(17)2)15(21)16-13-7-5-4-6-12(13)14(19)20/h11-13H,3-10H2,1-2H3,(H,16,21)(H,19,20). The minimum absolute atomic E-state index is 0.101. The maximum atomic E-state index is 12.4. The number of aliphatic carboxylic acids is 1.